The Balaban J connectivity index is 1.96. The van der Waals surface area contributed by atoms with E-state index in [0.29, 0.717) is 13.2 Å². The zero-order chi connectivity index (χ0) is 14.2. The molecule has 0 N–H and O–H groups in total. The topological polar surface area (TPSA) is 29.5 Å². The summed E-state index contributed by atoms with van der Waals surface area (Å²) >= 11 is 0. The second kappa shape index (κ2) is 7.73. The fourth-order valence-corrected chi connectivity index (χ4v) is 2.35. The van der Waals surface area contributed by atoms with Crippen molar-refractivity contribution >= 4 is 6.09 Å². The third-order valence-electron chi connectivity index (χ3n) is 3.56. The van der Waals surface area contributed by atoms with Crippen LogP contribution >= 0.6 is 0 Å². The number of unbranched alkanes of at least 4 members (excludes halogenated alkanes) is 1. The summed E-state index contributed by atoms with van der Waals surface area (Å²) in [4.78, 5) is 13.2. The summed E-state index contributed by atoms with van der Waals surface area (Å²) in [5.41, 5.74) is 2.69. The van der Waals surface area contributed by atoms with Gasteiger partial charge in [0.2, 0.25) is 0 Å². The molecule has 2 rings (SSSR count). The zero-order valence-corrected chi connectivity index (χ0v) is 12.2. The summed E-state index contributed by atoms with van der Waals surface area (Å²) < 4.78 is 4.98. The number of ether oxygens (including phenoxy) is 1. The van der Waals surface area contributed by atoms with E-state index >= 15 is 0 Å². The number of hydrogen-bond acceptors (Lipinski definition) is 2. The van der Waals surface area contributed by atoms with E-state index in [4.69, 9.17) is 4.74 Å². The van der Waals surface area contributed by atoms with Crippen LogP contribution < -0.4 is 0 Å². The van der Waals surface area contributed by atoms with Crippen LogP contribution in [0, 0.1) is 0 Å². The molecule has 0 aliphatic carbocycles. The first kappa shape index (κ1) is 14.6. The third-order valence-corrected chi connectivity index (χ3v) is 3.56. The number of rotatable bonds is 7. The van der Waals surface area contributed by atoms with E-state index in [1.165, 1.54) is 24.0 Å². The molecule has 1 amide bonds. The van der Waals surface area contributed by atoms with Crippen molar-refractivity contribution in [2.75, 3.05) is 13.2 Å². The summed E-state index contributed by atoms with van der Waals surface area (Å²) in [5.74, 6) is 0. The molecule has 1 heterocycles. The largest absolute Gasteiger partial charge is 0.447 e. The van der Waals surface area contributed by atoms with Crippen LogP contribution in [0.25, 0.3) is 0 Å². The molecule has 20 heavy (non-hydrogen) atoms. The predicted octanol–water partition coefficient (Wildman–Crippen LogP) is 4.15. The van der Waals surface area contributed by atoms with Gasteiger partial charge in [-0.2, -0.15) is 0 Å². The van der Waals surface area contributed by atoms with E-state index in [0.717, 1.165) is 19.3 Å². The lowest BCUT2D eigenvalue weighted by Gasteiger charge is -2.12. The SMILES string of the molecule is CCCC/C(=C/N1CCOC1=O)CCc1ccccc1. The number of cyclic esters (lactones) is 1. The minimum Gasteiger partial charge on any atom is -0.447 e. The van der Waals surface area contributed by atoms with Gasteiger partial charge in [-0.05, 0) is 31.2 Å². The lowest BCUT2D eigenvalue weighted by Crippen LogP contribution is -2.18. The fourth-order valence-electron chi connectivity index (χ4n) is 2.35. The highest BCUT2D eigenvalue weighted by atomic mass is 16.6. The van der Waals surface area contributed by atoms with Gasteiger partial charge in [0.05, 0.1) is 6.54 Å². The highest BCUT2D eigenvalue weighted by molar-refractivity contribution is 5.70. The van der Waals surface area contributed by atoms with E-state index in [-0.39, 0.29) is 6.09 Å². The van der Waals surface area contributed by atoms with Crippen LogP contribution in [0.2, 0.25) is 0 Å². The number of benzene rings is 1. The van der Waals surface area contributed by atoms with Crippen molar-refractivity contribution in [1.82, 2.24) is 4.90 Å². The number of hydrogen-bond donors (Lipinski definition) is 0. The van der Waals surface area contributed by atoms with E-state index in [9.17, 15) is 4.79 Å². The summed E-state index contributed by atoms with van der Waals surface area (Å²) in [6.07, 6.45) is 7.24. The first-order valence-corrected chi connectivity index (χ1v) is 7.46. The molecule has 108 valence electrons. The Bertz CT molecular complexity index is 453. The average Bonchev–Trinajstić information content (AvgIpc) is 2.88. The van der Waals surface area contributed by atoms with Crippen molar-refractivity contribution in [2.24, 2.45) is 0 Å². The van der Waals surface area contributed by atoms with Crippen molar-refractivity contribution in [3.63, 3.8) is 0 Å². The van der Waals surface area contributed by atoms with Crippen LogP contribution in [-0.4, -0.2) is 24.1 Å². The summed E-state index contributed by atoms with van der Waals surface area (Å²) in [7, 11) is 0. The smallest absolute Gasteiger partial charge is 0.413 e. The van der Waals surface area contributed by atoms with Crippen molar-refractivity contribution in [1.29, 1.82) is 0 Å². The van der Waals surface area contributed by atoms with Gasteiger partial charge in [-0.1, -0.05) is 49.2 Å². The standard InChI is InChI=1S/C17H23NO2/c1-2-3-7-16(14-18-12-13-20-17(18)19)11-10-15-8-5-4-6-9-15/h4-6,8-9,14H,2-3,7,10-13H2,1H3/b16-14-. The zero-order valence-electron chi connectivity index (χ0n) is 12.2. The Labute approximate surface area is 121 Å². The Hall–Kier alpha value is -1.77. The molecular weight excluding hydrogens is 250 g/mol. The first-order chi connectivity index (χ1) is 9.79. The minimum atomic E-state index is -0.210. The second-order valence-corrected chi connectivity index (χ2v) is 5.18. The number of allylic oxidation sites excluding steroid dienone is 1. The molecule has 1 fully saturated rings. The molecule has 3 nitrogen and oxygen atoms in total. The third kappa shape index (κ3) is 4.41. The molecule has 0 radical (unpaired) electrons. The van der Waals surface area contributed by atoms with Crippen LogP contribution in [0.5, 0.6) is 0 Å². The quantitative estimate of drug-likeness (QED) is 0.747. The van der Waals surface area contributed by atoms with Gasteiger partial charge < -0.3 is 4.74 Å². The molecule has 1 aliphatic rings. The Kier molecular flexibility index (Phi) is 5.66. The van der Waals surface area contributed by atoms with Gasteiger partial charge in [-0.25, -0.2) is 4.79 Å². The van der Waals surface area contributed by atoms with E-state index in [1.54, 1.807) is 4.90 Å². The van der Waals surface area contributed by atoms with Crippen molar-refractivity contribution in [3.05, 3.63) is 47.7 Å². The average molecular weight is 273 g/mol. The second-order valence-electron chi connectivity index (χ2n) is 5.18. The van der Waals surface area contributed by atoms with Gasteiger partial charge in [-0.3, -0.25) is 4.90 Å². The Morgan fingerprint density at radius 3 is 2.75 bits per heavy atom. The highest BCUT2D eigenvalue weighted by Gasteiger charge is 2.20. The summed E-state index contributed by atoms with van der Waals surface area (Å²) in [6, 6.07) is 10.5. The highest BCUT2D eigenvalue weighted by Crippen LogP contribution is 2.18. The van der Waals surface area contributed by atoms with Gasteiger partial charge in [0.15, 0.2) is 0 Å². The number of nitrogens with zero attached hydrogens (tertiary/aromatic N) is 1. The van der Waals surface area contributed by atoms with Gasteiger partial charge in [0.25, 0.3) is 0 Å². The molecule has 0 atom stereocenters. The molecule has 1 saturated heterocycles. The molecule has 1 aliphatic heterocycles. The van der Waals surface area contributed by atoms with Gasteiger partial charge >= 0.3 is 6.09 Å². The minimum absolute atomic E-state index is 0.210. The van der Waals surface area contributed by atoms with Crippen molar-refractivity contribution in [3.8, 4) is 0 Å². The Morgan fingerprint density at radius 2 is 2.10 bits per heavy atom. The molecule has 0 unspecified atom stereocenters. The predicted molar refractivity (Wildman–Crippen MR) is 80.4 cm³/mol. The van der Waals surface area contributed by atoms with Crippen LogP contribution in [0.4, 0.5) is 4.79 Å². The normalized spacial score (nSPS) is 15.6. The summed E-state index contributed by atoms with van der Waals surface area (Å²) in [6.45, 7) is 3.38. The van der Waals surface area contributed by atoms with Crippen LogP contribution in [0.3, 0.4) is 0 Å². The molecule has 1 aromatic rings. The Morgan fingerprint density at radius 1 is 1.30 bits per heavy atom. The van der Waals surface area contributed by atoms with E-state index in [1.807, 2.05) is 12.3 Å². The van der Waals surface area contributed by atoms with Gasteiger partial charge in [0, 0.05) is 6.20 Å². The van der Waals surface area contributed by atoms with E-state index < -0.39 is 0 Å². The molecule has 0 spiro atoms. The maximum absolute atomic E-state index is 11.5. The molecule has 0 saturated carbocycles. The van der Waals surface area contributed by atoms with Crippen LogP contribution in [0.15, 0.2) is 42.1 Å². The molecule has 1 aromatic carbocycles. The monoisotopic (exact) mass is 273 g/mol. The van der Waals surface area contributed by atoms with Crippen LogP contribution in [-0.2, 0) is 11.2 Å². The van der Waals surface area contributed by atoms with Crippen molar-refractivity contribution < 1.29 is 9.53 Å². The van der Waals surface area contributed by atoms with E-state index in [2.05, 4.69) is 31.2 Å². The number of carbonyl (C=O) groups is 1. The molecule has 3 heteroatoms. The lowest BCUT2D eigenvalue weighted by atomic mass is 10.0. The van der Waals surface area contributed by atoms with Crippen molar-refractivity contribution in [2.45, 2.75) is 39.0 Å². The number of aryl methyl sites for hydroxylation is 1. The first-order valence-electron chi connectivity index (χ1n) is 7.46. The van der Waals surface area contributed by atoms with Gasteiger partial charge in [-0.15, -0.1) is 0 Å². The summed E-state index contributed by atoms with van der Waals surface area (Å²) in [5, 5.41) is 0. The van der Waals surface area contributed by atoms with Crippen LogP contribution in [0.1, 0.15) is 38.2 Å². The fraction of sp³-hybridized carbons (Fsp3) is 0.471. The number of amides is 1. The molecular formula is C17H23NO2. The van der Waals surface area contributed by atoms with Gasteiger partial charge in [0.1, 0.15) is 6.61 Å². The molecule has 0 aromatic heterocycles. The maximum atomic E-state index is 11.5. The number of carbonyl (C=O) groups excluding carboxylic acids is 1. The lowest BCUT2D eigenvalue weighted by molar-refractivity contribution is 0.166. The molecule has 0 bridgehead atoms. The maximum Gasteiger partial charge on any atom is 0.413 e.